The van der Waals surface area contributed by atoms with E-state index in [9.17, 15) is 19.6 Å². The molecule has 1 atom stereocenters. The normalized spacial score (nSPS) is 12.0. The minimum atomic E-state index is -0.827. The molecule has 0 aliphatic heterocycles. The number of benzene rings is 1. The number of rotatable bonds is 4. The third-order valence-corrected chi connectivity index (χ3v) is 2.86. The summed E-state index contributed by atoms with van der Waals surface area (Å²) in [7, 11) is 0. The van der Waals surface area contributed by atoms with E-state index >= 15 is 0 Å². The van der Waals surface area contributed by atoms with Crippen LogP contribution < -0.4 is 4.74 Å². The lowest BCUT2D eigenvalue weighted by molar-refractivity contribution is -0.385. The number of aliphatic hydroxyl groups is 1. The van der Waals surface area contributed by atoms with Gasteiger partial charge in [-0.05, 0) is 32.0 Å². The van der Waals surface area contributed by atoms with Crippen molar-refractivity contribution in [3.05, 3.63) is 57.7 Å². The van der Waals surface area contributed by atoms with Crippen molar-refractivity contribution in [1.29, 1.82) is 0 Å². The minimum absolute atomic E-state index is 0.121. The Balaban J connectivity index is 2.27. The van der Waals surface area contributed by atoms with Crippen molar-refractivity contribution < 1.29 is 19.2 Å². The molecule has 0 aliphatic rings. The molecule has 7 heteroatoms. The molecule has 0 fully saturated rings. The van der Waals surface area contributed by atoms with Gasteiger partial charge in [-0.1, -0.05) is 0 Å². The van der Waals surface area contributed by atoms with E-state index in [4.69, 9.17) is 4.74 Å². The Morgan fingerprint density at radius 1 is 1.43 bits per heavy atom. The third kappa shape index (κ3) is 3.32. The zero-order valence-electron chi connectivity index (χ0n) is 11.4. The molecule has 0 saturated heterocycles. The molecule has 0 bridgehead atoms. The van der Waals surface area contributed by atoms with Crippen molar-refractivity contribution in [3.8, 4) is 11.5 Å². The number of aromatic nitrogens is 1. The molecule has 110 valence electrons. The number of aryl methyl sites for hydroxylation is 1. The first-order chi connectivity index (χ1) is 9.88. The summed E-state index contributed by atoms with van der Waals surface area (Å²) in [6, 6.07) is 5.17. The van der Waals surface area contributed by atoms with Crippen molar-refractivity contribution >= 4 is 5.69 Å². The predicted octanol–water partition coefficient (Wildman–Crippen LogP) is 3.28. The topological polar surface area (TPSA) is 85.5 Å². The summed E-state index contributed by atoms with van der Waals surface area (Å²) in [6.45, 7) is 3.07. The molecule has 2 rings (SSSR count). The molecule has 2 aromatic rings. The molecule has 6 nitrogen and oxygen atoms in total. The zero-order valence-corrected chi connectivity index (χ0v) is 11.4. The molecule has 0 aliphatic carbocycles. The molecule has 21 heavy (non-hydrogen) atoms. The van der Waals surface area contributed by atoms with Crippen molar-refractivity contribution in [1.82, 2.24) is 4.98 Å². The third-order valence-electron chi connectivity index (χ3n) is 2.86. The first kappa shape index (κ1) is 14.9. The van der Waals surface area contributed by atoms with Crippen LogP contribution in [0, 0.1) is 22.9 Å². The predicted molar refractivity (Wildman–Crippen MR) is 72.7 cm³/mol. The summed E-state index contributed by atoms with van der Waals surface area (Å²) in [5, 5.41) is 20.0. The van der Waals surface area contributed by atoms with Crippen molar-refractivity contribution in [3.63, 3.8) is 0 Å². The van der Waals surface area contributed by atoms with E-state index < -0.39 is 16.8 Å². The molecule has 1 aromatic heterocycles. The van der Waals surface area contributed by atoms with Gasteiger partial charge < -0.3 is 9.84 Å². The quantitative estimate of drug-likeness (QED) is 0.690. The second kappa shape index (κ2) is 5.84. The fourth-order valence-corrected chi connectivity index (χ4v) is 1.75. The molecule has 1 aromatic carbocycles. The number of ether oxygens (including phenoxy) is 1. The molecular formula is C14H13FN2O4. The highest BCUT2D eigenvalue weighted by molar-refractivity contribution is 5.46. The van der Waals surface area contributed by atoms with Gasteiger partial charge in [-0.3, -0.25) is 15.1 Å². The van der Waals surface area contributed by atoms with Gasteiger partial charge in [0.15, 0.2) is 11.6 Å². The van der Waals surface area contributed by atoms with Crippen LogP contribution in [-0.2, 0) is 0 Å². The number of nitro benzene ring substituents is 1. The van der Waals surface area contributed by atoms with E-state index in [1.54, 1.807) is 13.0 Å². The number of nitrogens with zero attached hydrogens (tertiary/aromatic N) is 2. The van der Waals surface area contributed by atoms with Crippen LogP contribution in [0.2, 0.25) is 0 Å². The summed E-state index contributed by atoms with van der Waals surface area (Å²) in [5.74, 6) is -0.678. The van der Waals surface area contributed by atoms with Crippen molar-refractivity contribution in [2.45, 2.75) is 20.0 Å². The highest BCUT2D eigenvalue weighted by atomic mass is 19.1. The maximum absolute atomic E-state index is 13.8. The number of aliphatic hydroxyl groups excluding tert-OH is 1. The molecule has 0 radical (unpaired) electrons. The van der Waals surface area contributed by atoms with Crippen molar-refractivity contribution in [2.24, 2.45) is 0 Å². The van der Waals surface area contributed by atoms with E-state index in [-0.39, 0.29) is 17.2 Å². The lowest BCUT2D eigenvalue weighted by Crippen LogP contribution is -1.97. The maximum atomic E-state index is 13.8. The second-order valence-corrected chi connectivity index (χ2v) is 4.52. The van der Waals surface area contributed by atoms with Crippen LogP contribution in [0.25, 0.3) is 0 Å². The van der Waals surface area contributed by atoms with Crippen LogP contribution in [0.3, 0.4) is 0 Å². The summed E-state index contributed by atoms with van der Waals surface area (Å²) < 4.78 is 19.1. The minimum Gasteiger partial charge on any atom is -0.453 e. The molecule has 0 spiro atoms. The van der Waals surface area contributed by atoms with Gasteiger partial charge in [0.25, 0.3) is 5.69 Å². The van der Waals surface area contributed by atoms with Crippen LogP contribution in [0.5, 0.6) is 11.5 Å². The van der Waals surface area contributed by atoms with Crippen LogP contribution >= 0.6 is 0 Å². The number of nitro groups is 1. The number of halogens is 1. The highest BCUT2D eigenvalue weighted by Gasteiger charge is 2.17. The van der Waals surface area contributed by atoms with Gasteiger partial charge >= 0.3 is 0 Å². The first-order valence-corrected chi connectivity index (χ1v) is 6.15. The van der Waals surface area contributed by atoms with Crippen LogP contribution in [-0.4, -0.2) is 15.0 Å². The highest BCUT2D eigenvalue weighted by Crippen LogP contribution is 2.30. The molecule has 0 amide bonds. The van der Waals surface area contributed by atoms with Crippen LogP contribution in [0.4, 0.5) is 10.1 Å². The van der Waals surface area contributed by atoms with Crippen LogP contribution in [0.15, 0.2) is 30.5 Å². The monoisotopic (exact) mass is 292 g/mol. The Morgan fingerprint density at radius 3 is 2.67 bits per heavy atom. The largest absolute Gasteiger partial charge is 0.453 e. The maximum Gasteiger partial charge on any atom is 0.275 e. The second-order valence-electron chi connectivity index (χ2n) is 4.52. The van der Waals surface area contributed by atoms with E-state index in [1.165, 1.54) is 25.3 Å². The lowest BCUT2D eigenvalue weighted by Gasteiger charge is -2.09. The summed E-state index contributed by atoms with van der Waals surface area (Å²) in [5.41, 5.74) is 0.454. The van der Waals surface area contributed by atoms with E-state index in [0.29, 0.717) is 11.3 Å². The molecule has 1 N–H and O–H groups in total. The van der Waals surface area contributed by atoms with E-state index in [1.807, 2.05) is 0 Å². The van der Waals surface area contributed by atoms with Crippen LogP contribution in [0.1, 0.15) is 24.3 Å². The first-order valence-electron chi connectivity index (χ1n) is 6.15. The number of hydrogen-bond donors (Lipinski definition) is 1. The molecule has 1 heterocycles. The van der Waals surface area contributed by atoms with Gasteiger partial charge in [-0.15, -0.1) is 0 Å². The van der Waals surface area contributed by atoms with Gasteiger partial charge in [0.05, 0.1) is 29.0 Å². The average molecular weight is 292 g/mol. The van der Waals surface area contributed by atoms with Gasteiger partial charge in [0.1, 0.15) is 5.75 Å². The Bertz CT molecular complexity index is 671. The van der Waals surface area contributed by atoms with Crippen molar-refractivity contribution in [2.75, 3.05) is 0 Å². The molecule has 0 saturated carbocycles. The summed E-state index contributed by atoms with van der Waals surface area (Å²) in [6.07, 6.45) is 0.635. The lowest BCUT2D eigenvalue weighted by atomic mass is 10.2. The van der Waals surface area contributed by atoms with Gasteiger partial charge in [0.2, 0.25) is 0 Å². The smallest absolute Gasteiger partial charge is 0.275 e. The Hall–Kier alpha value is -2.54. The summed E-state index contributed by atoms with van der Waals surface area (Å²) in [4.78, 5) is 14.0. The van der Waals surface area contributed by atoms with E-state index in [2.05, 4.69) is 4.98 Å². The fourth-order valence-electron chi connectivity index (χ4n) is 1.75. The van der Waals surface area contributed by atoms with E-state index in [0.717, 1.165) is 6.07 Å². The van der Waals surface area contributed by atoms with Gasteiger partial charge in [-0.2, -0.15) is 0 Å². The standard InChI is InChI=1S/C14H13FN2O4/c1-8-5-14(11(15)6-13(8)17(19)20)21-10-3-4-12(9(2)18)16-7-10/h3-7,9,18H,1-2H3. The van der Waals surface area contributed by atoms with Gasteiger partial charge in [0, 0.05) is 5.56 Å². The number of pyridine rings is 1. The SMILES string of the molecule is Cc1cc(Oc2ccc(C(C)O)nc2)c(F)cc1[N+](=O)[O-]. The van der Waals surface area contributed by atoms with Gasteiger partial charge in [-0.25, -0.2) is 4.39 Å². The number of hydrogen-bond acceptors (Lipinski definition) is 5. The average Bonchev–Trinajstić information content (AvgIpc) is 2.42. The molecule has 1 unspecified atom stereocenters. The molecular weight excluding hydrogens is 279 g/mol. The Labute approximate surface area is 120 Å². The summed E-state index contributed by atoms with van der Waals surface area (Å²) >= 11 is 0. The zero-order chi connectivity index (χ0) is 15.6. The Morgan fingerprint density at radius 2 is 2.14 bits per heavy atom. The Kier molecular flexibility index (Phi) is 4.13. The fraction of sp³-hybridized carbons (Fsp3) is 0.214.